The van der Waals surface area contributed by atoms with E-state index in [4.69, 9.17) is 4.74 Å². The van der Waals surface area contributed by atoms with E-state index in [2.05, 4.69) is 14.8 Å². The van der Waals surface area contributed by atoms with E-state index in [1.165, 1.54) is 12.8 Å². The van der Waals surface area contributed by atoms with Crippen LogP contribution in [0.1, 0.15) is 28.9 Å². The number of aryl methyl sites for hydroxylation is 1. The average Bonchev–Trinajstić information content (AvgIpc) is 3.23. The Kier molecular flexibility index (Phi) is 4.88. The molecule has 2 aliphatic rings. The van der Waals surface area contributed by atoms with E-state index in [0.29, 0.717) is 12.6 Å². The molecule has 2 aliphatic heterocycles. The number of hydrogen-bond donors (Lipinski definition) is 1. The van der Waals surface area contributed by atoms with Gasteiger partial charge < -0.3 is 9.72 Å². The summed E-state index contributed by atoms with van der Waals surface area (Å²) in [6.45, 7) is 8.44. The van der Waals surface area contributed by atoms with Gasteiger partial charge in [-0.15, -0.1) is 0 Å². The van der Waals surface area contributed by atoms with Gasteiger partial charge in [0.1, 0.15) is 0 Å². The van der Waals surface area contributed by atoms with Crippen LogP contribution in [0.25, 0.3) is 10.9 Å². The molecule has 0 amide bonds. The molecule has 2 saturated heterocycles. The molecular formula is C20H27N3O2. The zero-order chi connectivity index (χ0) is 17.2. The molecule has 0 spiro atoms. The zero-order valence-corrected chi connectivity index (χ0v) is 15.0. The third kappa shape index (κ3) is 3.64. The monoisotopic (exact) mass is 341 g/mol. The van der Waals surface area contributed by atoms with Crippen LogP contribution in [-0.2, 0) is 4.74 Å². The lowest BCUT2D eigenvalue weighted by atomic mass is 10.1. The first-order chi connectivity index (χ1) is 12.2. The summed E-state index contributed by atoms with van der Waals surface area (Å²) in [4.78, 5) is 21.0. The van der Waals surface area contributed by atoms with Crippen LogP contribution >= 0.6 is 0 Å². The summed E-state index contributed by atoms with van der Waals surface area (Å²) >= 11 is 0. The molecular weight excluding hydrogens is 314 g/mol. The minimum Gasteiger partial charge on any atom is -0.377 e. The van der Waals surface area contributed by atoms with Gasteiger partial charge in [-0.2, -0.15) is 0 Å². The first-order valence-corrected chi connectivity index (χ1v) is 9.37. The highest BCUT2D eigenvalue weighted by atomic mass is 16.5. The van der Waals surface area contributed by atoms with Crippen molar-refractivity contribution in [3.63, 3.8) is 0 Å². The smallest absolute Gasteiger partial charge is 0.179 e. The molecule has 5 heteroatoms. The van der Waals surface area contributed by atoms with E-state index >= 15 is 0 Å². The lowest BCUT2D eigenvalue weighted by molar-refractivity contribution is 0.0491. The molecule has 1 aromatic carbocycles. The molecule has 134 valence electrons. The van der Waals surface area contributed by atoms with E-state index in [0.717, 1.165) is 61.5 Å². The number of piperazine rings is 1. The largest absolute Gasteiger partial charge is 0.377 e. The fourth-order valence-electron chi connectivity index (χ4n) is 4.12. The second-order valence-electron chi connectivity index (χ2n) is 7.31. The van der Waals surface area contributed by atoms with Crippen LogP contribution in [0, 0.1) is 6.92 Å². The van der Waals surface area contributed by atoms with Crippen LogP contribution in [-0.4, -0.2) is 72.5 Å². The Balaban J connectivity index is 1.35. The quantitative estimate of drug-likeness (QED) is 0.849. The third-order valence-corrected chi connectivity index (χ3v) is 5.49. The molecule has 0 saturated carbocycles. The van der Waals surface area contributed by atoms with Crippen LogP contribution < -0.4 is 0 Å². The SMILES string of the molecule is Cc1[nH]c2ccccc2c1C(=O)CN1CCN(CC2CCCO2)CC1. The summed E-state index contributed by atoms with van der Waals surface area (Å²) in [6.07, 6.45) is 2.81. The van der Waals surface area contributed by atoms with Gasteiger partial charge in [0.25, 0.3) is 0 Å². The zero-order valence-electron chi connectivity index (χ0n) is 15.0. The molecule has 0 bridgehead atoms. The van der Waals surface area contributed by atoms with Gasteiger partial charge in [0.15, 0.2) is 5.78 Å². The van der Waals surface area contributed by atoms with Crippen molar-refractivity contribution in [2.24, 2.45) is 0 Å². The van der Waals surface area contributed by atoms with Crippen LogP contribution in [0.3, 0.4) is 0 Å². The van der Waals surface area contributed by atoms with Crippen molar-refractivity contribution in [2.75, 3.05) is 45.9 Å². The topological polar surface area (TPSA) is 48.6 Å². The number of ketones is 1. The summed E-state index contributed by atoms with van der Waals surface area (Å²) in [5.74, 6) is 0.225. The minimum absolute atomic E-state index is 0.225. The predicted molar refractivity (Wildman–Crippen MR) is 99.2 cm³/mol. The second-order valence-corrected chi connectivity index (χ2v) is 7.31. The van der Waals surface area contributed by atoms with Crippen molar-refractivity contribution < 1.29 is 9.53 Å². The maximum atomic E-state index is 12.9. The van der Waals surface area contributed by atoms with Gasteiger partial charge in [0, 0.05) is 61.5 Å². The number of nitrogens with one attached hydrogen (secondary N) is 1. The number of fused-ring (bicyclic) bond motifs is 1. The van der Waals surface area contributed by atoms with Gasteiger partial charge in [-0.05, 0) is 25.8 Å². The Labute approximate surface area is 148 Å². The van der Waals surface area contributed by atoms with Gasteiger partial charge in [-0.1, -0.05) is 18.2 Å². The number of nitrogens with zero attached hydrogens (tertiary/aromatic N) is 2. The molecule has 0 aliphatic carbocycles. The fraction of sp³-hybridized carbons (Fsp3) is 0.550. The summed E-state index contributed by atoms with van der Waals surface area (Å²) < 4.78 is 5.74. The Morgan fingerprint density at radius 1 is 1.20 bits per heavy atom. The van der Waals surface area contributed by atoms with Crippen molar-refractivity contribution in [3.05, 3.63) is 35.5 Å². The summed E-state index contributed by atoms with van der Waals surface area (Å²) in [7, 11) is 0. The predicted octanol–water partition coefficient (Wildman–Crippen LogP) is 2.46. The van der Waals surface area contributed by atoms with Crippen molar-refractivity contribution in [1.82, 2.24) is 14.8 Å². The van der Waals surface area contributed by atoms with E-state index in [1.807, 2.05) is 31.2 Å². The maximum absolute atomic E-state index is 12.9. The van der Waals surface area contributed by atoms with Crippen LogP contribution in [0.15, 0.2) is 24.3 Å². The van der Waals surface area contributed by atoms with E-state index < -0.39 is 0 Å². The number of ether oxygens (including phenoxy) is 1. The first kappa shape index (κ1) is 16.8. The number of carbonyl (C=O) groups excluding carboxylic acids is 1. The summed E-state index contributed by atoms with van der Waals surface area (Å²) in [5.41, 5.74) is 2.88. The number of carbonyl (C=O) groups is 1. The number of aromatic amines is 1. The third-order valence-electron chi connectivity index (χ3n) is 5.49. The highest BCUT2D eigenvalue weighted by Gasteiger charge is 2.25. The number of Topliss-reactive ketones (excluding diaryl/α,β-unsaturated/α-hetero) is 1. The van der Waals surface area contributed by atoms with Crippen molar-refractivity contribution in [2.45, 2.75) is 25.9 Å². The lowest BCUT2D eigenvalue weighted by Crippen LogP contribution is -2.49. The highest BCUT2D eigenvalue weighted by Crippen LogP contribution is 2.23. The average molecular weight is 341 g/mol. The Morgan fingerprint density at radius 3 is 2.72 bits per heavy atom. The molecule has 25 heavy (non-hydrogen) atoms. The number of benzene rings is 1. The first-order valence-electron chi connectivity index (χ1n) is 9.37. The normalized spacial score (nSPS) is 22.7. The van der Waals surface area contributed by atoms with Crippen molar-refractivity contribution in [3.8, 4) is 0 Å². The van der Waals surface area contributed by atoms with E-state index in [1.54, 1.807) is 0 Å². The molecule has 1 N–H and O–H groups in total. The van der Waals surface area contributed by atoms with Crippen LogP contribution in [0.2, 0.25) is 0 Å². The number of hydrogen-bond acceptors (Lipinski definition) is 4. The van der Waals surface area contributed by atoms with Gasteiger partial charge in [0.05, 0.1) is 12.6 Å². The van der Waals surface area contributed by atoms with Gasteiger partial charge in [-0.25, -0.2) is 0 Å². The van der Waals surface area contributed by atoms with E-state index in [-0.39, 0.29) is 5.78 Å². The number of aromatic nitrogens is 1. The number of para-hydroxylation sites is 1. The lowest BCUT2D eigenvalue weighted by Gasteiger charge is -2.35. The maximum Gasteiger partial charge on any atom is 0.179 e. The molecule has 4 rings (SSSR count). The molecule has 2 aromatic rings. The van der Waals surface area contributed by atoms with Crippen LogP contribution in [0.5, 0.6) is 0 Å². The molecule has 1 aromatic heterocycles. The molecule has 5 nitrogen and oxygen atoms in total. The minimum atomic E-state index is 0.225. The molecule has 1 atom stereocenters. The van der Waals surface area contributed by atoms with Crippen molar-refractivity contribution in [1.29, 1.82) is 0 Å². The van der Waals surface area contributed by atoms with E-state index in [9.17, 15) is 4.79 Å². The number of rotatable bonds is 5. The Morgan fingerprint density at radius 2 is 1.96 bits per heavy atom. The Bertz CT molecular complexity index is 740. The number of H-pyrrole nitrogens is 1. The summed E-state index contributed by atoms with van der Waals surface area (Å²) in [6, 6.07) is 8.06. The fourth-order valence-corrected chi connectivity index (χ4v) is 4.12. The molecule has 1 unspecified atom stereocenters. The second kappa shape index (κ2) is 7.28. The highest BCUT2D eigenvalue weighted by molar-refractivity contribution is 6.10. The standard InChI is InChI=1S/C20H27N3O2/c1-15-20(17-6-2-3-7-18(17)21-15)19(24)14-23-10-8-22(9-11-23)13-16-5-4-12-25-16/h2-3,6-7,16,21H,4-5,8-14H2,1H3. The van der Waals surface area contributed by atoms with Crippen molar-refractivity contribution >= 4 is 16.7 Å². The van der Waals surface area contributed by atoms with Gasteiger partial charge >= 0.3 is 0 Å². The molecule has 3 heterocycles. The van der Waals surface area contributed by atoms with Gasteiger partial charge in [-0.3, -0.25) is 14.6 Å². The Hall–Kier alpha value is -1.69. The van der Waals surface area contributed by atoms with Crippen LogP contribution in [0.4, 0.5) is 0 Å². The van der Waals surface area contributed by atoms with Gasteiger partial charge in [0.2, 0.25) is 0 Å². The molecule has 2 fully saturated rings. The summed E-state index contributed by atoms with van der Waals surface area (Å²) in [5, 5.41) is 1.04. The molecule has 0 radical (unpaired) electrons.